The van der Waals surface area contributed by atoms with Crippen LogP contribution in [0.1, 0.15) is 30.1 Å². The molecule has 2 aliphatic rings. The lowest BCUT2D eigenvalue weighted by molar-refractivity contribution is -0.146. The van der Waals surface area contributed by atoms with Gasteiger partial charge in [-0.1, -0.05) is 24.3 Å². The van der Waals surface area contributed by atoms with Gasteiger partial charge >= 0.3 is 0 Å². The smallest absolute Gasteiger partial charge is 0.256 e. The van der Waals surface area contributed by atoms with Crippen molar-refractivity contribution in [1.29, 1.82) is 0 Å². The molecule has 2 heterocycles. The Morgan fingerprint density at radius 2 is 2.24 bits per heavy atom. The Hall–Kier alpha value is -1.10. The number of rotatable bonds is 3. The van der Waals surface area contributed by atoms with Gasteiger partial charge in [-0.3, -0.25) is 4.79 Å². The van der Waals surface area contributed by atoms with E-state index >= 15 is 0 Å². The largest absolute Gasteiger partial charge is 0.363 e. The Morgan fingerprint density at radius 3 is 3.05 bits per heavy atom. The minimum Gasteiger partial charge on any atom is -0.363 e. The van der Waals surface area contributed by atoms with Crippen LogP contribution in [0.5, 0.6) is 0 Å². The fourth-order valence-corrected chi connectivity index (χ4v) is 3.32. The van der Waals surface area contributed by atoms with Crippen LogP contribution in [0, 0.1) is 0 Å². The van der Waals surface area contributed by atoms with E-state index in [4.69, 9.17) is 4.74 Å². The Kier molecular flexibility index (Phi) is 5.62. The molecule has 1 aromatic rings. The minimum absolute atomic E-state index is 0. The van der Waals surface area contributed by atoms with E-state index in [2.05, 4.69) is 11.4 Å². The molecule has 5 heteroatoms. The summed E-state index contributed by atoms with van der Waals surface area (Å²) in [6.45, 7) is 2.35. The Bertz CT molecular complexity index is 495. The number of nitrogens with zero attached hydrogens (tertiary/aromatic N) is 1. The van der Waals surface area contributed by atoms with Crippen LogP contribution < -0.4 is 5.32 Å². The molecule has 1 N–H and O–H groups in total. The average molecular weight is 311 g/mol. The van der Waals surface area contributed by atoms with Crippen molar-refractivity contribution in [2.45, 2.75) is 31.4 Å². The molecule has 0 spiro atoms. The molecule has 3 rings (SSSR count). The number of likely N-dealkylation sites (tertiary alicyclic amines) is 1. The molecule has 21 heavy (non-hydrogen) atoms. The number of amides is 1. The monoisotopic (exact) mass is 310 g/mol. The molecule has 0 aliphatic carbocycles. The van der Waals surface area contributed by atoms with Crippen molar-refractivity contribution in [3.63, 3.8) is 0 Å². The van der Waals surface area contributed by atoms with Crippen LogP contribution in [-0.4, -0.2) is 43.6 Å². The van der Waals surface area contributed by atoms with Gasteiger partial charge in [-0.15, -0.1) is 12.4 Å². The predicted octanol–water partition coefficient (Wildman–Crippen LogP) is 1.93. The quantitative estimate of drug-likeness (QED) is 0.927. The van der Waals surface area contributed by atoms with Crippen LogP contribution in [-0.2, 0) is 16.0 Å². The lowest BCUT2D eigenvalue weighted by Gasteiger charge is -2.32. The molecule has 4 nitrogen and oxygen atoms in total. The molecule has 2 atom stereocenters. The first-order valence-corrected chi connectivity index (χ1v) is 7.45. The summed E-state index contributed by atoms with van der Waals surface area (Å²) in [5.74, 6) is 0.134. The summed E-state index contributed by atoms with van der Waals surface area (Å²) in [7, 11) is 1.94. The van der Waals surface area contributed by atoms with E-state index in [-0.39, 0.29) is 18.3 Å². The Morgan fingerprint density at radius 1 is 1.43 bits per heavy atom. The Labute approximate surface area is 132 Å². The van der Waals surface area contributed by atoms with Crippen molar-refractivity contribution in [3.8, 4) is 0 Å². The van der Waals surface area contributed by atoms with Crippen molar-refractivity contribution in [2.24, 2.45) is 0 Å². The number of hydrogen-bond donors (Lipinski definition) is 1. The third-order valence-corrected chi connectivity index (χ3v) is 4.32. The summed E-state index contributed by atoms with van der Waals surface area (Å²) < 4.78 is 5.79. The summed E-state index contributed by atoms with van der Waals surface area (Å²) >= 11 is 0. The van der Waals surface area contributed by atoms with E-state index in [0.29, 0.717) is 12.6 Å². The second-order valence-corrected chi connectivity index (χ2v) is 5.59. The SMILES string of the molecule is CNCC1CCCN1C(=O)C1OCCc2ccccc21.Cl. The summed E-state index contributed by atoms with van der Waals surface area (Å²) in [6.07, 6.45) is 2.67. The number of likely N-dealkylation sites (N-methyl/N-ethyl adjacent to an activating group) is 1. The first-order valence-electron chi connectivity index (χ1n) is 7.45. The van der Waals surface area contributed by atoms with Gasteiger partial charge in [-0.25, -0.2) is 0 Å². The first kappa shape index (κ1) is 16.3. The summed E-state index contributed by atoms with van der Waals surface area (Å²) in [4.78, 5) is 14.8. The van der Waals surface area contributed by atoms with Gasteiger partial charge in [0.2, 0.25) is 0 Å². The fraction of sp³-hybridized carbons (Fsp3) is 0.562. The maximum absolute atomic E-state index is 12.8. The highest BCUT2D eigenvalue weighted by molar-refractivity contribution is 5.85. The standard InChI is InChI=1S/C16H22N2O2.ClH/c1-17-11-13-6-4-9-18(13)16(19)15-14-7-3-2-5-12(14)8-10-20-15;/h2-3,5,7,13,15,17H,4,6,8-11H2,1H3;1H. The lowest BCUT2D eigenvalue weighted by atomic mass is 9.96. The maximum atomic E-state index is 12.8. The topological polar surface area (TPSA) is 41.6 Å². The van der Waals surface area contributed by atoms with Crippen molar-refractivity contribution < 1.29 is 9.53 Å². The van der Waals surface area contributed by atoms with Gasteiger partial charge < -0.3 is 15.0 Å². The van der Waals surface area contributed by atoms with Crippen LogP contribution in [0.4, 0.5) is 0 Å². The molecule has 1 saturated heterocycles. The van der Waals surface area contributed by atoms with Gasteiger partial charge in [0.1, 0.15) is 0 Å². The van der Waals surface area contributed by atoms with Crippen LogP contribution in [0.15, 0.2) is 24.3 Å². The normalized spacial score (nSPS) is 24.3. The first-order chi connectivity index (χ1) is 9.81. The van der Waals surface area contributed by atoms with E-state index in [1.807, 2.05) is 30.1 Å². The summed E-state index contributed by atoms with van der Waals surface area (Å²) in [5, 5.41) is 3.18. The zero-order valence-electron chi connectivity index (χ0n) is 12.4. The molecule has 2 unspecified atom stereocenters. The molecule has 2 aliphatic heterocycles. The van der Waals surface area contributed by atoms with Gasteiger partial charge in [0.25, 0.3) is 5.91 Å². The molecule has 1 aromatic carbocycles. The van der Waals surface area contributed by atoms with E-state index in [1.165, 1.54) is 5.56 Å². The van der Waals surface area contributed by atoms with Crippen LogP contribution >= 0.6 is 12.4 Å². The molecule has 0 radical (unpaired) electrons. The number of fused-ring (bicyclic) bond motifs is 1. The lowest BCUT2D eigenvalue weighted by Crippen LogP contribution is -2.44. The number of hydrogen-bond acceptors (Lipinski definition) is 3. The molecular formula is C16H23ClN2O2. The molecule has 0 bridgehead atoms. The third kappa shape index (κ3) is 3.23. The van der Waals surface area contributed by atoms with Crippen molar-refractivity contribution >= 4 is 18.3 Å². The number of nitrogens with one attached hydrogen (secondary N) is 1. The maximum Gasteiger partial charge on any atom is 0.256 e. The predicted molar refractivity (Wildman–Crippen MR) is 84.7 cm³/mol. The molecular weight excluding hydrogens is 288 g/mol. The van der Waals surface area contributed by atoms with Gasteiger partial charge in [-0.2, -0.15) is 0 Å². The second-order valence-electron chi connectivity index (χ2n) is 5.59. The molecule has 0 aromatic heterocycles. The number of ether oxygens (including phenoxy) is 1. The van der Waals surface area contributed by atoms with Gasteiger partial charge in [0.05, 0.1) is 6.61 Å². The van der Waals surface area contributed by atoms with Gasteiger partial charge in [0.15, 0.2) is 6.10 Å². The van der Waals surface area contributed by atoms with Crippen molar-refractivity contribution in [2.75, 3.05) is 26.7 Å². The van der Waals surface area contributed by atoms with E-state index < -0.39 is 6.10 Å². The van der Waals surface area contributed by atoms with Crippen LogP contribution in [0.3, 0.4) is 0 Å². The molecule has 1 fully saturated rings. The Balaban J connectivity index is 0.00000161. The highest BCUT2D eigenvalue weighted by Gasteiger charge is 2.36. The highest BCUT2D eigenvalue weighted by Crippen LogP contribution is 2.31. The second kappa shape index (κ2) is 7.25. The van der Waals surface area contributed by atoms with Crippen molar-refractivity contribution in [3.05, 3.63) is 35.4 Å². The number of carbonyl (C=O) groups excluding carboxylic acids is 1. The van der Waals surface area contributed by atoms with Crippen LogP contribution in [0.2, 0.25) is 0 Å². The third-order valence-electron chi connectivity index (χ3n) is 4.32. The minimum atomic E-state index is -0.405. The average Bonchev–Trinajstić information content (AvgIpc) is 2.94. The van der Waals surface area contributed by atoms with Gasteiger partial charge in [-0.05, 0) is 37.4 Å². The number of halogens is 1. The molecule has 0 saturated carbocycles. The van der Waals surface area contributed by atoms with Crippen LogP contribution in [0.25, 0.3) is 0 Å². The zero-order chi connectivity index (χ0) is 13.9. The fourth-order valence-electron chi connectivity index (χ4n) is 3.32. The zero-order valence-corrected chi connectivity index (χ0v) is 13.2. The summed E-state index contributed by atoms with van der Waals surface area (Å²) in [6, 6.07) is 8.46. The number of benzene rings is 1. The van der Waals surface area contributed by atoms with E-state index in [9.17, 15) is 4.79 Å². The molecule has 116 valence electrons. The van der Waals surface area contributed by atoms with Gasteiger partial charge in [0, 0.05) is 19.1 Å². The highest BCUT2D eigenvalue weighted by atomic mass is 35.5. The molecule has 1 amide bonds. The number of carbonyl (C=O) groups is 1. The van der Waals surface area contributed by atoms with Crippen molar-refractivity contribution in [1.82, 2.24) is 10.2 Å². The van der Waals surface area contributed by atoms with E-state index in [0.717, 1.165) is 37.9 Å². The van der Waals surface area contributed by atoms with E-state index in [1.54, 1.807) is 0 Å². The summed E-state index contributed by atoms with van der Waals surface area (Å²) in [5.41, 5.74) is 2.31.